The summed E-state index contributed by atoms with van der Waals surface area (Å²) in [5, 5.41) is 11.6. The maximum atomic E-state index is 12.3. The summed E-state index contributed by atoms with van der Waals surface area (Å²) in [5.74, 6) is -0.792. The van der Waals surface area contributed by atoms with Gasteiger partial charge < -0.3 is 10.8 Å². The highest BCUT2D eigenvalue weighted by molar-refractivity contribution is 14.1. The number of aliphatic hydroxyl groups is 1. The van der Waals surface area contributed by atoms with Crippen molar-refractivity contribution in [3.8, 4) is 0 Å². The lowest BCUT2D eigenvalue weighted by Gasteiger charge is -2.18. The molecule has 0 aliphatic rings. The highest BCUT2D eigenvalue weighted by atomic mass is 127. The number of nitrogens with zero attached hydrogens (tertiary/aromatic N) is 3. The van der Waals surface area contributed by atoms with Gasteiger partial charge in [-0.15, -0.1) is 0 Å². The first-order valence-corrected chi connectivity index (χ1v) is 9.35. The standard InChI is InChI=1S/C18H18IN5O3/c19-12-5-3-11(4-6-12)10-14(16(20)27)24-17-13(2-1-8-21-17)22-18(24)23-15(26)7-9-25/h1-6,8,14,25H,7,9-10H2,(H2,20,27)(H,22,23,26). The van der Waals surface area contributed by atoms with Crippen molar-refractivity contribution in [2.45, 2.75) is 18.9 Å². The summed E-state index contributed by atoms with van der Waals surface area (Å²) in [4.78, 5) is 32.9. The van der Waals surface area contributed by atoms with Gasteiger partial charge in [0.1, 0.15) is 11.6 Å². The van der Waals surface area contributed by atoms with Gasteiger partial charge in [0.25, 0.3) is 0 Å². The Bertz CT molecular complexity index is 971. The minimum Gasteiger partial charge on any atom is -0.396 e. The Morgan fingerprint density at radius 2 is 2.00 bits per heavy atom. The van der Waals surface area contributed by atoms with E-state index in [1.807, 2.05) is 24.3 Å². The Kier molecular flexibility index (Phi) is 6.01. The lowest BCUT2D eigenvalue weighted by atomic mass is 10.1. The summed E-state index contributed by atoms with van der Waals surface area (Å²) in [5.41, 5.74) is 7.59. The van der Waals surface area contributed by atoms with Gasteiger partial charge in [-0.1, -0.05) is 12.1 Å². The van der Waals surface area contributed by atoms with Crippen molar-refractivity contribution in [3.05, 3.63) is 51.7 Å². The fourth-order valence-corrected chi connectivity index (χ4v) is 3.12. The Morgan fingerprint density at radius 1 is 1.26 bits per heavy atom. The zero-order valence-corrected chi connectivity index (χ0v) is 16.5. The van der Waals surface area contributed by atoms with Crippen molar-refractivity contribution in [2.75, 3.05) is 11.9 Å². The smallest absolute Gasteiger partial charge is 0.241 e. The van der Waals surface area contributed by atoms with E-state index in [4.69, 9.17) is 10.8 Å². The molecular weight excluding hydrogens is 461 g/mol. The molecule has 2 aromatic heterocycles. The molecular formula is C18H18IN5O3. The van der Waals surface area contributed by atoms with Gasteiger partial charge in [0.05, 0.1) is 13.0 Å². The predicted octanol–water partition coefficient (Wildman–Crippen LogP) is 1.63. The van der Waals surface area contributed by atoms with E-state index in [9.17, 15) is 9.59 Å². The predicted molar refractivity (Wildman–Crippen MR) is 109 cm³/mol. The number of hydrogen-bond acceptors (Lipinski definition) is 5. The van der Waals surface area contributed by atoms with Gasteiger partial charge in [-0.25, -0.2) is 9.97 Å². The molecule has 9 heteroatoms. The molecule has 3 rings (SSSR count). The Balaban J connectivity index is 2.05. The van der Waals surface area contributed by atoms with Crippen molar-refractivity contribution < 1.29 is 14.7 Å². The van der Waals surface area contributed by atoms with E-state index >= 15 is 0 Å². The molecule has 0 radical (unpaired) electrons. The molecule has 27 heavy (non-hydrogen) atoms. The van der Waals surface area contributed by atoms with Gasteiger partial charge in [-0.3, -0.25) is 19.5 Å². The van der Waals surface area contributed by atoms with Crippen LogP contribution < -0.4 is 11.1 Å². The lowest BCUT2D eigenvalue weighted by molar-refractivity contribution is -0.121. The fourth-order valence-electron chi connectivity index (χ4n) is 2.76. The van der Waals surface area contributed by atoms with Crippen LogP contribution in [0.25, 0.3) is 11.2 Å². The highest BCUT2D eigenvalue weighted by Crippen LogP contribution is 2.26. The van der Waals surface area contributed by atoms with Gasteiger partial charge in [0.2, 0.25) is 17.8 Å². The maximum Gasteiger partial charge on any atom is 0.241 e. The molecule has 4 N–H and O–H groups in total. The van der Waals surface area contributed by atoms with Crippen molar-refractivity contribution in [2.24, 2.45) is 5.73 Å². The Labute approximate surface area is 168 Å². The summed E-state index contributed by atoms with van der Waals surface area (Å²) < 4.78 is 2.63. The first kappa shape index (κ1) is 19.2. The molecule has 140 valence electrons. The second-order valence-corrected chi connectivity index (χ2v) is 7.17. The van der Waals surface area contributed by atoms with Crippen LogP contribution >= 0.6 is 22.6 Å². The van der Waals surface area contributed by atoms with Crippen LogP contribution in [0.3, 0.4) is 0 Å². The molecule has 1 aromatic carbocycles. The molecule has 8 nitrogen and oxygen atoms in total. The minimum atomic E-state index is -0.783. The van der Waals surface area contributed by atoms with Crippen LogP contribution in [0.1, 0.15) is 18.0 Å². The zero-order valence-electron chi connectivity index (χ0n) is 14.3. The monoisotopic (exact) mass is 479 g/mol. The quantitative estimate of drug-likeness (QED) is 0.445. The van der Waals surface area contributed by atoms with E-state index < -0.39 is 17.9 Å². The summed E-state index contributed by atoms with van der Waals surface area (Å²) in [7, 11) is 0. The van der Waals surface area contributed by atoms with Gasteiger partial charge in [-0.2, -0.15) is 0 Å². The average Bonchev–Trinajstić information content (AvgIpc) is 2.98. The number of pyridine rings is 1. The van der Waals surface area contributed by atoms with Crippen LogP contribution in [0.4, 0.5) is 5.95 Å². The maximum absolute atomic E-state index is 12.3. The van der Waals surface area contributed by atoms with E-state index in [0.29, 0.717) is 17.6 Å². The number of carbonyl (C=O) groups is 2. The van der Waals surface area contributed by atoms with Crippen LogP contribution in [0.5, 0.6) is 0 Å². The number of primary amides is 1. The SMILES string of the molecule is NC(=O)C(Cc1ccc(I)cc1)n1c(NC(=O)CCO)nc2cccnc21. The summed E-state index contributed by atoms with van der Waals surface area (Å²) in [6.07, 6.45) is 1.84. The number of hydrogen-bond donors (Lipinski definition) is 3. The number of rotatable bonds is 7. The molecule has 3 aromatic rings. The van der Waals surface area contributed by atoms with Crippen molar-refractivity contribution in [3.63, 3.8) is 0 Å². The van der Waals surface area contributed by atoms with Crippen LogP contribution in [-0.4, -0.2) is 38.1 Å². The number of nitrogens with one attached hydrogen (secondary N) is 1. The normalized spacial score (nSPS) is 12.1. The number of aromatic nitrogens is 3. The summed E-state index contributed by atoms with van der Waals surface area (Å²) >= 11 is 2.21. The third-order valence-electron chi connectivity index (χ3n) is 4.02. The van der Waals surface area contributed by atoms with E-state index in [0.717, 1.165) is 9.13 Å². The molecule has 2 amide bonds. The van der Waals surface area contributed by atoms with Crippen LogP contribution in [-0.2, 0) is 16.0 Å². The molecule has 0 saturated heterocycles. The number of benzene rings is 1. The molecule has 2 heterocycles. The van der Waals surface area contributed by atoms with Gasteiger partial charge >= 0.3 is 0 Å². The fraction of sp³-hybridized carbons (Fsp3) is 0.222. The van der Waals surface area contributed by atoms with E-state index in [1.165, 1.54) is 0 Å². The molecule has 0 aliphatic carbocycles. The Hall–Kier alpha value is -2.53. The van der Waals surface area contributed by atoms with Crippen LogP contribution in [0, 0.1) is 3.57 Å². The molecule has 0 aliphatic heterocycles. The molecule has 0 spiro atoms. The number of nitrogens with two attached hydrogens (primary N) is 1. The third-order valence-corrected chi connectivity index (χ3v) is 4.74. The summed E-state index contributed by atoms with van der Waals surface area (Å²) in [6, 6.07) is 10.4. The van der Waals surface area contributed by atoms with Gasteiger partial charge in [0.15, 0.2) is 5.65 Å². The van der Waals surface area contributed by atoms with Crippen molar-refractivity contribution >= 4 is 51.5 Å². The van der Waals surface area contributed by atoms with Gasteiger partial charge in [-0.05, 0) is 52.4 Å². The topological polar surface area (TPSA) is 123 Å². The van der Waals surface area contributed by atoms with Crippen molar-refractivity contribution in [1.29, 1.82) is 0 Å². The van der Waals surface area contributed by atoms with E-state index in [-0.39, 0.29) is 19.0 Å². The molecule has 0 fully saturated rings. The Morgan fingerprint density at radius 3 is 2.67 bits per heavy atom. The number of fused-ring (bicyclic) bond motifs is 1. The zero-order chi connectivity index (χ0) is 19.4. The molecule has 1 atom stereocenters. The number of anilines is 1. The highest BCUT2D eigenvalue weighted by Gasteiger charge is 2.25. The number of imidazole rings is 1. The summed E-state index contributed by atoms with van der Waals surface area (Å²) in [6.45, 7) is -0.286. The minimum absolute atomic E-state index is 0.0744. The molecule has 0 saturated carbocycles. The van der Waals surface area contributed by atoms with Crippen molar-refractivity contribution in [1.82, 2.24) is 14.5 Å². The third kappa shape index (κ3) is 4.42. The van der Waals surface area contributed by atoms with Gasteiger partial charge in [0, 0.05) is 16.2 Å². The number of carbonyl (C=O) groups excluding carboxylic acids is 2. The van der Waals surface area contributed by atoms with Crippen LogP contribution in [0.2, 0.25) is 0 Å². The second kappa shape index (κ2) is 8.44. The first-order chi connectivity index (χ1) is 13.0. The molecule has 1 unspecified atom stereocenters. The van der Waals surface area contributed by atoms with Crippen LogP contribution in [0.15, 0.2) is 42.6 Å². The molecule has 0 bridgehead atoms. The first-order valence-electron chi connectivity index (χ1n) is 8.27. The van der Waals surface area contributed by atoms with E-state index in [1.54, 1.807) is 22.9 Å². The lowest BCUT2D eigenvalue weighted by Crippen LogP contribution is -2.30. The number of aliphatic hydroxyl groups excluding tert-OH is 1. The van der Waals surface area contributed by atoms with E-state index in [2.05, 4.69) is 37.9 Å². The number of halogens is 1. The average molecular weight is 479 g/mol. The largest absolute Gasteiger partial charge is 0.396 e. The second-order valence-electron chi connectivity index (χ2n) is 5.92. The number of amides is 2.